The highest BCUT2D eigenvalue weighted by molar-refractivity contribution is 9.10. The third kappa shape index (κ3) is 2.93. The Kier molecular flexibility index (Phi) is 4.61. The molecule has 0 spiro atoms. The highest BCUT2D eigenvalue weighted by Crippen LogP contribution is 2.29. The molecule has 2 rings (SSSR count). The van der Waals surface area contributed by atoms with Crippen LogP contribution < -0.4 is 4.74 Å². The molecule has 0 aliphatic heterocycles. The van der Waals surface area contributed by atoms with Crippen molar-refractivity contribution in [3.05, 3.63) is 63.1 Å². The van der Waals surface area contributed by atoms with Crippen molar-refractivity contribution in [3.63, 3.8) is 0 Å². The maximum Gasteiger partial charge on any atom is 0.193 e. The van der Waals surface area contributed by atoms with Crippen LogP contribution in [0.3, 0.4) is 0 Å². The molecule has 0 heterocycles. The van der Waals surface area contributed by atoms with Crippen LogP contribution in [0.1, 0.15) is 34.0 Å². The summed E-state index contributed by atoms with van der Waals surface area (Å²) in [5.41, 5.74) is 3.55. The van der Waals surface area contributed by atoms with Crippen LogP contribution in [0.4, 0.5) is 0 Å². The van der Waals surface area contributed by atoms with Gasteiger partial charge in [-0.25, -0.2) is 0 Å². The van der Waals surface area contributed by atoms with Gasteiger partial charge in [-0.15, -0.1) is 0 Å². The molecular weight excluding hydrogens is 316 g/mol. The first-order valence-electron chi connectivity index (χ1n) is 6.54. The van der Waals surface area contributed by atoms with Crippen LogP contribution in [0.5, 0.6) is 5.75 Å². The summed E-state index contributed by atoms with van der Waals surface area (Å²) in [7, 11) is 1.62. The lowest BCUT2D eigenvalue weighted by Gasteiger charge is -2.10. The van der Waals surface area contributed by atoms with E-state index < -0.39 is 0 Å². The highest BCUT2D eigenvalue weighted by atomic mass is 79.9. The van der Waals surface area contributed by atoms with E-state index >= 15 is 0 Å². The SMILES string of the molecule is CCc1ccc(C(=O)c2cc(Br)c(OC)cc2C)cc1. The maximum absolute atomic E-state index is 12.6. The second-order valence-corrected chi connectivity index (χ2v) is 5.54. The van der Waals surface area contributed by atoms with E-state index in [0.717, 1.165) is 22.2 Å². The molecule has 0 aromatic heterocycles. The minimum atomic E-state index is 0.0357. The molecule has 0 aliphatic carbocycles. The monoisotopic (exact) mass is 332 g/mol. The molecule has 104 valence electrons. The van der Waals surface area contributed by atoms with Crippen LogP contribution >= 0.6 is 15.9 Å². The van der Waals surface area contributed by atoms with Crippen molar-refractivity contribution in [2.45, 2.75) is 20.3 Å². The molecule has 0 fully saturated rings. The first-order chi connectivity index (χ1) is 9.56. The number of benzene rings is 2. The molecule has 0 amide bonds. The number of hydrogen-bond donors (Lipinski definition) is 0. The Balaban J connectivity index is 2.39. The van der Waals surface area contributed by atoms with Crippen molar-refractivity contribution in [1.82, 2.24) is 0 Å². The van der Waals surface area contributed by atoms with Gasteiger partial charge in [-0.3, -0.25) is 4.79 Å². The van der Waals surface area contributed by atoms with E-state index in [1.165, 1.54) is 5.56 Å². The minimum Gasteiger partial charge on any atom is -0.496 e. The number of rotatable bonds is 4. The third-order valence-corrected chi connectivity index (χ3v) is 3.99. The summed E-state index contributed by atoms with van der Waals surface area (Å²) >= 11 is 3.43. The molecule has 0 N–H and O–H groups in total. The maximum atomic E-state index is 12.6. The lowest BCUT2D eigenvalue weighted by molar-refractivity contribution is 0.103. The van der Waals surface area contributed by atoms with Crippen molar-refractivity contribution in [3.8, 4) is 5.75 Å². The van der Waals surface area contributed by atoms with E-state index in [9.17, 15) is 4.79 Å². The van der Waals surface area contributed by atoms with Gasteiger partial charge in [0.2, 0.25) is 0 Å². The zero-order valence-corrected chi connectivity index (χ0v) is 13.5. The normalized spacial score (nSPS) is 10.4. The molecule has 0 bridgehead atoms. The van der Waals surface area contributed by atoms with Crippen molar-refractivity contribution < 1.29 is 9.53 Å². The Morgan fingerprint density at radius 1 is 1.20 bits per heavy atom. The van der Waals surface area contributed by atoms with Gasteiger partial charge in [0.05, 0.1) is 11.6 Å². The van der Waals surface area contributed by atoms with Gasteiger partial charge in [0.25, 0.3) is 0 Å². The summed E-state index contributed by atoms with van der Waals surface area (Å²) in [6.45, 7) is 4.02. The van der Waals surface area contributed by atoms with Gasteiger partial charge in [-0.2, -0.15) is 0 Å². The Morgan fingerprint density at radius 2 is 1.85 bits per heavy atom. The summed E-state index contributed by atoms with van der Waals surface area (Å²) in [4.78, 5) is 12.6. The van der Waals surface area contributed by atoms with Crippen molar-refractivity contribution in [2.75, 3.05) is 7.11 Å². The number of halogens is 1. The number of ether oxygens (including phenoxy) is 1. The first kappa shape index (κ1) is 14.8. The largest absolute Gasteiger partial charge is 0.496 e. The predicted octanol–water partition coefficient (Wildman–Crippen LogP) is 4.56. The summed E-state index contributed by atoms with van der Waals surface area (Å²) in [5.74, 6) is 0.772. The summed E-state index contributed by atoms with van der Waals surface area (Å²) in [5, 5.41) is 0. The molecule has 0 saturated carbocycles. The topological polar surface area (TPSA) is 26.3 Å². The van der Waals surface area contributed by atoms with Gasteiger partial charge in [0, 0.05) is 11.1 Å². The van der Waals surface area contributed by atoms with Crippen LogP contribution in [0.15, 0.2) is 40.9 Å². The average molecular weight is 333 g/mol. The molecule has 3 heteroatoms. The van der Waals surface area contributed by atoms with E-state index in [-0.39, 0.29) is 5.78 Å². The fourth-order valence-electron chi connectivity index (χ4n) is 2.10. The molecule has 0 unspecified atom stereocenters. The van der Waals surface area contributed by atoms with Crippen molar-refractivity contribution in [2.24, 2.45) is 0 Å². The fourth-order valence-corrected chi connectivity index (χ4v) is 2.61. The Morgan fingerprint density at radius 3 is 2.40 bits per heavy atom. The molecule has 0 aliphatic rings. The standard InChI is InChI=1S/C17H17BrO2/c1-4-12-5-7-13(8-6-12)17(19)14-10-15(18)16(20-3)9-11(14)2/h5-10H,4H2,1-3H3. The van der Waals surface area contributed by atoms with E-state index in [4.69, 9.17) is 4.74 Å². The molecule has 20 heavy (non-hydrogen) atoms. The quantitative estimate of drug-likeness (QED) is 0.767. The molecule has 0 saturated heterocycles. The van der Waals surface area contributed by atoms with Gasteiger partial charge < -0.3 is 4.74 Å². The number of carbonyl (C=O) groups excluding carboxylic acids is 1. The predicted molar refractivity (Wildman–Crippen MR) is 84.7 cm³/mol. The van der Waals surface area contributed by atoms with Gasteiger partial charge >= 0.3 is 0 Å². The number of carbonyl (C=O) groups is 1. The van der Waals surface area contributed by atoms with Crippen molar-refractivity contribution >= 4 is 21.7 Å². The Labute approximate surface area is 127 Å². The number of ketones is 1. The summed E-state index contributed by atoms with van der Waals surface area (Å²) in [6.07, 6.45) is 0.974. The molecule has 2 aromatic carbocycles. The fraction of sp³-hybridized carbons (Fsp3) is 0.235. The molecule has 0 radical (unpaired) electrons. The second kappa shape index (κ2) is 6.23. The number of hydrogen-bond acceptors (Lipinski definition) is 2. The van der Waals surface area contributed by atoms with E-state index in [0.29, 0.717) is 11.1 Å². The number of aryl methyl sites for hydroxylation is 2. The van der Waals surface area contributed by atoms with E-state index in [1.54, 1.807) is 7.11 Å². The summed E-state index contributed by atoms with van der Waals surface area (Å²) in [6, 6.07) is 11.5. The van der Waals surface area contributed by atoms with Crippen LogP contribution in [0, 0.1) is 6.92 Å². The average Bonchev–Trinajstić information content (AvgIpc) is 2.48. The second-order valence-electron chi connectivity index (χ2n) is 4.68. The highest BCUT2D eigenvalue weighted by Gasteiger charge is 2.14. The van der Waals surface area contributed by atoms with E-state index in [1.807, 2.05) is 43.3 Å². The zero-order chi connectivity index (χ0) is 14.7. The Hall–Kier alpha value is -1.61. The van der Waals surface area contributed by atoms with Gasteiger partial charge in [0.15, 0.2) is 5.78 Å². The van der Waals surface area contributed by atoms with Gasteiger partial charge in [-0.1, -0.05) is 31.2 Å². The van der Waals surface area contributed by atoms with Crippen LogP contribution in [0.2, 0.25) is 0 Å². The van der Waals surface area contributed by atoms with Crippen LogP contribution in [-0.4, -0.2) is 12.9 Å². The third-order valence-electron chi connectivity index (χ3n) is 3.37. The minimum absolute atomic E-state index is 0.0357. The van der Waals surface area contributed by atoms with Gasteiger partial charge in [-0.05, 0) is 52.5 Å². The van der Waals surface area contributed by atoms with Crippen LogP contribution in [-0.2, 0) is 6.42 Å². The van der Waals surface area contributed by atoms with Gasteiger partial charge in [0.1, 0.15) is 5.75 Å². The zero-order valence-electron chi connectivity index (χ0n) is 11.9. The molecule has 2 aromatic rings. The Bertz CT molecular complexity index is 630. The van der Waals surface area contributed by atoms with Crippen LogP contribution in [0.25, 0.3) is 0 Å². The van der Waals surface area contributed by atoms with E-state index in [2.05, 4.69) is 22.9 Å². The molecule has 0 atom stereocenters. The molecular formula is C17H17BrO2. The number of methoxy groups -OCH3 is 1. The smallest absolute Gasteiger partial charge is 0.193 e. The summed E-state index contributed by atoms with van der Waals surface area (Å²) < 4.78 is 6.03. The molecule has 2 nitrogen and oxygen atoms in total. The first-order valence-corrected chi connectivity index (χ1v) is 7.34. The lowest BCUT2D eigenvalue weighted by atomic mass is 9.98. The lowest BCUT2D eigenvalue weighted by Crippen LogP contribution is -2.04. The van der Waals surface area contributed by atoms with Crippen molar-refractivity contribution in [1.29, 1.82) is 0 Å².